The summed E-state index contributed by atoms with van der Waals surface area (Å²) in [7, 11) is 1.72. The molecule has 3 saturated heterocycles. The van der Waals surface area contributed by atoms with E-state index < -0.39 is 139 Å². The Hall–Kier alpha value is -5.00. The van der Waals surface area contributed by atoms with Crippen LogP contribution in [-0.2, 0) is 52.6 Å². The number of carboxylic acids is 2. The lowest BCUT2D eigenvalue weighted by Gasteiger charge is -2.41. The summed E-state index contributed by atoms with van der Waals surface area (Å²) < 4.78 is 11.4. The molecule has 15 N–H and O–H groups in total. The summed E-state index contributed by atoms with van der Waals surface area (Å²) in [5.41, 5.74) is 10.8. The van der Waals surface area contributed by atoms with Gasteiger partial charge in [0.15, 0.2) is 12.2 Å². The highest BCUT2D eigenvalue weighted by atomic mass is 33.1. The van der Waals surface area contributed by atoms with Crippen LogP contribution in [0.25, 0.3) is 0 Å². The van der Waals surface area contributed by atoms with E-state index in [0.717, 1.165) is 33.4 Å². The van der Waals surface area contributed by atoms with Crippen LogP contribution in [0.15, 0.2) is 4.99 Å². The first-order chi connectivity index (χ1) is 29.6. The molecule has 0 unspecified atom stereocenters. The number of guanidine groups is 1. The third kappa shape index (κ3) is 15.9. The standard InChI is InChI=1S/C35H56N10O16S2/c1-14(60-34-27(52)26(51)25(50)15(2)61-34)24-32(57)45-9-5-7-21(45)31(56)42-17(6-4-8-38-35(36)37)28(53)39-11-22(47)41-18(10-23(48)49)29(54)43-20(33(58)59)13-63-62-12-19(30(55)44-24)40-16(3)46/h14-15,17-21,24-27,34,50-52H,4-13H2,1-3H3,(H,39,53)(H,40,46)(H,41,47)(H,42,56)(H,43,54)(H,44,55)(H,48,49)(H,58,59)(H4,36,37,38)/t14-,15+,17+,18+,19+,20+,21+,24+,25+,26-,27-,34-/m1/s1. The Labute approximate surface area is 368 Å². The van der Waals surface area contributed by atoms with Gasteiger partial charge in [-0.3, -0.25) is 43.3 Å². The van der Waals surface area contributed by atoms with Crippen molar-refractivity contribution in [1.29, 1.82) is 0 Å². The molecule has 0 radical (unpaired) electrons. The average molecular weight is 937 g/mol. The Morgan fingerprint density at radius 2 is 1.60 bits per heavy atom. The number of hydrogen-bond acceptors (Lipinski definition) is 17. The minimum atomic E-state index is -1.82. The van der Waals surface area contributed by atoms with E-state index in [4.69, 9.17) is 20.9 Å². The number of nitrogens with one attached hydrogen (secondary N) is 6. The Morgan fingerprint density at radius 1 is 0.921 bits per heavy atom. The number of nitrogens with two attached hydrogens (primary N) is 2. The second-order valence-corrected chi connectivity index (χ2v) is 17.4. The van der Waals surface area contributed by atoms with Crippen LogP contribution in [0.4, 0.5) is 0 Å². The zero-order valence-corrected chi connectivity index (χ0v) is 36.2. The van der Waals surface area contributed by atoms with Crippen LogP contribution in [0.1, 0.15) is 52.9 Å². The number of aliphatic carboxylic acids is 2. The van der Waals surface area contributed by atoms with Gasteiger partial charge in [-0.25, -0.2) is 4.79 Å². The lowest BCUT2D eigenvalue weighted by molar-refractivity contribution is -0.303. The van der Waals surface area contributed by atoms with E-state index in [-0.39, 0.29) is 56.2 Å². The van der Waals surface area contributed by atoms with E-state index in [1.165, 1.54) is 13.8 Å². The molecular weight excluding hydrogens is 881 g/mol. The SMILES string of the molecule is CC(=O)N[C@H]1CSSC[C@@H](C(=O)O)NC(=O)[C@H](CC(=O)O)NC(=O)CNC(=O)[C@H](CCCN=C(N)N)NC(=O)[C@@H]2CCCN2C(=O)[C@H]([C@@H](C)O[C@@H]2O[C@@H](C)[C@H](O)[C@@H](O)[C@H]2O)NC1=O. The van der Waals surface area contributed by atoms with E-state index in [1.54, 1.807) is 0 Å². The number of carbonyl (C=O) groups is 9. The maximum Gasteiger partial charge on any atom is 0.327 e. The van der Waals surface area contributed by atoms with Gasteiger partial charge in [0, 0.05) is 31.5 Å². The largest absolute Gasteiger partial charge is 0.481 e. The van der Waals surface area contributed by atoms with E-state index in [0.29, 0.717) is 0 Å². The number of nitrogens with zero attached hydrogens (tertiary/aromatic N) is 2. The number of aliphatic imine (C=N–C) groups is 1. The average Bonchev–Trinajstić information content (AvgIpc) is 3.71. The molecule has 0 aromatic carbocycles. The molecule has 3 heterocycles. The monoisotopic (exact) mass is 936 g/mol. The highest BCUT2D eigenvalue weighted by molar-refractivity contribution is 8.76. The number of fused-ring (bicyclic) bond motifs is 1. The molecule has 12 atom stereocenters. The zero-order chi connectivity index (χ0) is 47.1. The van der Waals surface area contributed by atoms with Crippen LogP contribution in [0, 0.1) is 0 Å². The van der Waals surface area contributed by atoms with Crippen molar-refractivity contribution in [2.75, 3.05) is 31.1 Å². The molecule has 0 spiro atoms. The second-order valence-electron chi connectivity index (χ2n) is 14.9. The number of ether oxygens (including phenoxy) is 2. The summed E-state index contributed by atoms with van der Waals surface area (Å²) in [4.78, 5) is 123. The quantitative estimate of drug-likeness (QED) is 0.0397. The molecule has 0 bridgehead atoms. The van der Waals surface area contributed by atoms with Crippen LogP contribution < -0.4 is 43.4 Å². The molecule has 0 aromatic rings. The maximum atomic E-state index is 14.5. The number of aliphatic hydroxyl groups excluding tert-OH is 3. The fourth-order valence-corrected chi connectivity index (χ4v) is 8.92. The van der Waals surface area contributed by atoms with Crippen molar-refractivity contribution in [2.45, 2.75) is 126 Å². The van der Waals surface area contributed by atoms with Gasteiger partial charge in [-0.1, -0.05) is 21.6 Å². The van der Waals surface area contributed by atoms with E-state index in [1.807, 2.05) is 0 Å². The minimum Gasteiger partial charge on any atom is -0.481 e. The highest BCUT2D eigenvalue weighted by Gasteiger charge is 2.46. The predicted molar refractivity (Wildman–Crippen MR) is 221 cm³/mol. The third-order valence-corrected chi connectivity index (χ3v) is 12.3. The second kappa shape index (κ2) is 24.7. The van der Waals surface area contributed by atoms with Gasteiger partial charge in [0.05, 0.1) is 25.2 Å². The van der Waals surface area contributed by atoms with Gasteiger partial charge in [-0.15, -0.1) is 0 Å². The zero-order valence-electron chi connectivity index (χ0n) is 34.6. The van der Waals surface area contributed by atoms with Crippen LogP contribution in [0.3, 0.4) is 0 Å². The summed E-state index contributed by atoms with van der Waals surface area (Å²) in [5, 5.41) is 64.7. The molecule has 3 aliphatic heterocycles. The van der Waals surface area contributed by atoms with Gasteiger partial charge >= 0.3 is 11.9 Å². The smallest absolute Gasteiger partial charge is 0.327 e. The van der Waals surface area contributed by atoms with Gasteiger partial charge < -0.3 is 83.3 Å². The van der Waals surface area contributed by atoms with Crippen LogP contribution in [-0.4, -0.2) is 194 Å². The van der Waals surface area contributed by atoms with Gasteiger partial charge in [-0.2, -0.15) is 0 Å². The summed E-state index contributed by atoms with van der Waals surface area (Å²) >= 11 is 0. The molecular formula is C35H56N10O16S2. The fourth-order valence-electron chi connectivity index (χ4n) is 6.60. The summed E-state index contributed by atoms with van der Waals surface area (Å²) in [6.07, 6.45) is -9.72. The Kier molecular flexibility index (Phi) is 20.6. The molecule has 354 valence electrons. The first-order valence-corrected chi connectivity index (χ1v) is 22.2. The Morgan fingerprint density at radius 3 is 2.24 bits per heavy atom. The lowest BCUT2D eigenvalue weighted by atomic mass is 10.00. The van der Waals surface area contributed by atoms with Gasteiger partial charge in [0.2, 0.25) is 41.4 Å². The van der Waals surface area contributed by atoms with Crippen molar-refractivity contribution in [3.63, 3.8) is 0 Å². The topological polar surface area (TPSA) is 413 Å². The maximum absolute atomic E-state index is 14.5. The summed E-state index contributed by atoms with van der Waals surface area (Å²) in [6.45, 7) is 2.99. The highest BCUT2D eigenvalue weighted by Crippen LogP contribution is 2.27. The van der Waals surface area contributed by atoms with E-state index >= 15 is 0 Å². The minimum absolute atomic E-state index is 0.0176. The molecule has 0 aliphatic carbocycles. The lowest BCUT2D eigenvalue weighted by Crippen LogP contribution is -2.63. The molecule has 0 saturated carbocycles. The Bertz CT molecular complexity index is 1730. The van der Waals surface area contributed by atoms with Crippen molar-refractivity contribution in [3.05, 3.63) is 0 Å². The number of hydrogen-bond donors (Lipinski definition) is 13. The number of aliphatic hydroxyl groups is 3. The predicted octanol–water partition coefficient (Wildman–Crippen LogP) is -6.22. The van der Waals surface area contributed by atoms with Gasteiger partial charge in [-0.05, 0) is 39.5 Å². The molecule has 3 rings (SSSR count). The molecule has 28 heteroatoms. The number of carbonyl (C=O) groups excluding carboxylic acids is 7. The van der Waals surface area contributed by atoms with E-state index in [2.05, 4.69) is 36.9 Å². The van der Waals surface area contributed by atoms with Crippen LogP contribution >= 0.6 is 21.6 Å². The fraction of sp³-hybridized carbons (Fsp3) is 0.714. The molecule has 3 fully saturated rings. The number of carboxylic acid groups (broad SMARTS) is 2. The molecule has 3 aliphatic rings. The van der Waals surface area contributed by atoms with Crippen LogP contribution in [0.5, 0.6) is 0 Å². The van der Waals surface area contributed by atoms with Crippen molar-refractivity contribution < 1.29 is 78.2 Å². The summed E-state index contributed by atoms with van der Waals surface area (Å²) in [6, 6.07) is -9.16. The third-order valence-electron chi connectivity index (χ3n) is 9.92. The first kappa shape index (κ1) is 52.3. The normalized spacial score (nSPS) is 31.5. The molecule has 26 nitrogen and oxygen atoms in total. The number of amides is 7. The van der Waals surface area contributed by atoms with Crippen molar-refractivity contribution in [1.82, 2.24) is 36.8 Å². The molecule has 63 heavy (non-hydrogen) atoms. The van der Waals surface area contributed by atoms with Gasteiger partial charge in [0.25, 0.3) is 0 Å². The van der Waals surface area contributed by atoms with Crippen molar-refractivity contribution >= 4 is 80.8 Å². The van der Waals surface area contributed by atoms with E-state index in [9.17, 15) is 68.7 Å². The van der Waals surface area contributed by atoms with Crippen molar-refractivity contribution in [2.24, 2.45) is 16.5 Å². The Balaban J connectivity index is 2.05. The molecule has 0 aromatic heterocycles. The van der Waals surface area contributed by atoms with Crippen LogP contribution in [0.2, 0.25) is 0 Å². The number of rotatable bonds is 11. The van der Waals surface area contributed by atoms with Crippen molar-refractivity contribution in [3.8, 4) is 0 Å². The molecule has 7 amide bonds. The van der Waals surface area contributed by atoms with Gasteiger partial charge in [0.1, 0.15) is 54.6 Å². The first-order valence-electron chi connectivity index (χ1n) is 19.8. The summed E-state index contributed by atoms with van der Waals surface area (Å²) in [5.74, 6) is -10.4.